The van der Waals surface area contributed by atoms with Gasteiger partial charge in [-0.15, -0.1) is 0 Å². The van der Waals surface area contributed by atoms with Crippen LogP contribution in [0.2, 0.25) is 0 Å². The van der Waals surface area contributed by atoms with Crippen molar-refractivity contribution in [1.82, 2.24) is 4.57 Å². The molecule has 1 aromatic carbocycles. The Morgan fingerprint density at radius 2 is 1.84 bits per heavy atom. The van der Waals surface area contributed by atoms with Crippen LogP contribution in [0.25, 0.3) is 0 Å². The molecule has 19 heavy (non-hydrogen) atoms. The van der Waals surface area contributed by atoms with E-state index in [-0.39, 0.29) is 17.9 Å². The van der Waals surface area contributed by atoms with Gasteiger partial charge in [0.25, 0.3) is 5.56 Å². The number of aryl methyl sites for hydroxylation is 3. The number of hydrogen-bond acceptors (Lipinski definition) is 2. The summed E-state index contributed by atoms with van der Waals surface area (Å²) < 4.78 is 1.46. The van der Waals surface area contributed by atoms with Crippen molar-refractivity contribution in [3.63, 3.8) is 0 Å². The van der Waals surface area contributed by atoms with Crippen LogP contribution < -0.4 is 5.56 Å². The third-order valence-electron chi connectivity index (χ3n) is 3.21. The number of pyridine rings is 1. The van der Waals surface area contributed by atoms with Crippen LogP contribution in [-0.4, -0.2) is 10.4 Å². The summed E-state index contributed by atoms with van der Waals surface area (Å²) in [6, 6.07) is 9.26. The molecule has 3 heteroatoms. The average Bonchev–Trinajstić information content (AvgIpc) is 2.34. The van der Waals surface area contributed by atoms with Gasteiger partial charge in [-0.25, -0.2) is 0 Å². The fourth-order valence-corrected chi connectivity index (χ4v) is 2.15. The van der Waals surface area contributed by atoms with E-state index < -0.39 is 0 Å². The van der Waals surface area contributed by atoms with E-state index in [1.165, 1.54) is 4.57 Å². The van der Waals surface area contributed by atoms with E-state index in [9.17, 15) is 9.59 Å². The summed E-state index contributed by atoms with van der Waals surface area (Å²) in [4.78, 5) is 24.1. The number of benzene rings is 1. The lowest BCUT2D eigenvalue weighted by molar-refractivity contribution is 0.0970. The molecular weight excluding hydrogens is 238 g/mol. The Kier molecular flexibility index (Phi) is 3.65. The molecule has 0 spiro atoms. The van der Waals surface area contributed by atoms with Crippen LogP contribution in [0.5, 0.6) is 0 Å². The van der Waals surface area contributed by atoms with Crippen molar-refractivity contribution >= 4 is 5.78 Å². The summed E-state index contributed by atoms with van der Waals surface area (Å²) in [5, 5.41) is 0. The zero-order valence-corrected chi connectivity index (χ0v) is 11.4. The molecule has 2 aromatic rings. The quantitative estimate of drug-likeness (QED) is 0.791. The second-order valence-corrected chi connectivity index (χ2v) is 4.87. The van der Waals surface area contributed by atoms with Gasteiger partial charge in [0, 0.05) is 17.3 Å². The van der Waals surface area contributed by atoms with Gasteiger partial charge in [0.15, 0.2) is 5.78 Å². The Bertz CT molecular complexity index is 683. The maximum Gasteiger partial charge on any atom is 0.253 e. The summed E-state index contributed by atoms with van der Waals surface area (Å²) in [6.45, 7) is 5.75. The first-order chi connectivity index (χ1) is 8.99. The van der Waals surface area contributed by atoms with Crippen molar-refractivity contribution in [2.24, 2.45) is 0 Å². The minimum Gasteiger partial charge on any atom is -0.308 e. The number of ketones is 1. The molecule has 1 heterocycles. The van der Waals surface area contributed by atoms with Gasteiger partial charge < -0.3 is 4.57 Å². The SMILES string of the molecule is Cc1ccc(C(=O)Cn2cccc(C)c2=O)c(C)c1. The molecule has 0 atom stereocenters. The van der Waals surface area contributed by atoms with E-state index in [1.54, 1.807) is 25.3 Å². The van der Waals surface area contributed by atoms with Gasteiger partial charge in [-0.05, 0) is 32.4 Å². The van der Waals surface area contributed by atoms with Gasteiger partial charge in [0.2, 0.25) is 0 Å². The van der Waals surface area contributed by atoms with Crippen LogP contribution in [0.1, 0.15) is 27.0 Å². The highest BCUT2D eigenvalue weighted by Gasteiger charge is 2.11. The molecule has 98 valence electrons. The fourth-order valence-electron chi connectivity index (χ4n) is 2.15. The Morgan fingerprint density at radius 1 is 1.11 bits per heavy atom. The molecule has 0 radical (unpaired) electrons. The van der Waals surface area contributed by atoms with Crippen LogP contribution in [0, 0.1) is 20.8 Å². The average molecular weight is 255 g/mol. The maximum absolute atomic E-state index is 12.3. The lowest BCUT2D eigenvalue weighted by Crippen LogP contribution is -2.25. The van der Waals surface area contributed by atoms with Gasteiger partial charge in [0.05, 0.1) is 6.54 Å². The Morgan fingerprint density at radius 3 is 2.53 bits per heavy atom. The first-order valence-electron chi connectivity index (χ1n) is 6.25. The topological polar surface area (TPSA) is 39.1 Å². The molecule has 0 saturated heterocycles. The molecule has 0 aliphatic rings. The number of carbonyl (C=O) groups excluding carboxylic acids is 1. The number of aromatic nitrogens is 1. The second kappa shape index (κ2) is 5.22. The molecule has 0 amide bonds. The lowest BCUT2D eigenvalue weighted by Gasteiger charge is -2.08. The number of carbonyl (C=O) groups is 1. The Labute approximate surface area is 112 Å². The second-order valence-electron chi connectivity index (χ2n) is 4.87. The predicted molar refractivity (Wildman–Crippen MR) is 75.7 cm³/mol. The molecule has 1 aromatic heterocycles. The molecule has 0 aliphatic carbocycles. The van der Waals surface area contributed by atoms with Crippen LogP contribution >= 0.6 is 0 Å². The Hall–Kier alpha value is -2.16. The van der Waals surface area contributed by atoms with Crippen molar-refractivity contribution in [2.75, 3.05) is 0 Å². The number of Topliss-reactive ketones (excluding diaryl/α,β-unsaturated/α-hetero) is 1. The highest BCUT2D eigenvalue weighted by atomic mass is 16.1. The molecule has 0 fully saturated rings. The van der Waals surface area contributed by atoms with Gasteiger partial charge in [-0.3, -0.25) is 9.59 Å². The number of nitrogens with zero attached hydrogens (tertiary/aromatic N) is 1. The third kappa shape index (κ3) is 2.81. The molecule has 0 aliphatic heterocycles. The number of rotatable bonds is 3. The monoisotopic (exact) mass is 255 g/mol. The molecule has 3 nitrogen and oxygen atoms in total. The maximum atomic E-state index is 12.3. The van der Waals surface area contributed by atoms with Crippen LogP contribution in [0.15, 0.2) is 41.3 Å². The number of hydrogen-bond donors (Lipinski definition) is 0. The zero-order valence-electron chi connectivity index (χ0n) is 11.4. The largest absolute Gasteiger partial charge is 0.308 e. The molecule has 0 unspecified atom stereocenters. The van der Waals surface area contributed by atoms with Gasteiger partial charge in [-0.1, -0.05) is 29.8 Å². The minimum atomic E-state index is -0.111. The van der Waals surface area contributed by atoms with Crippen molar-refractivity contribution in [1.29, 1.82) is 0 Å². The zero-order chi connectivity index (χ0) is 14.0. The normalized spacial score (nSPS) is 10.5. The molecule has 0 bridgehead atoms. The molecule has 0 saturated carbocycles. The summed E-state index contributed by atoms with van der Waals surface area (Å²) in [7, 11) is 0. The van der Waals surface area contributed by atoms with Crippen molar-refractivity contribution < 1.29 is 4.79 Å². The lowest BCUT2D eigenvalue weighted by atomic mass is 10.0. The highest BCUT2D eigenvalue weighted by Crippen LogP contribution is 2.11. The van der Waals surface area contributed by atoms with E-state index in [0.717, 1.165) is 11.1 Å². The summed E-state index contributed by atoms with van der Waals surface area (Å²) in [6.07, 6.45) is 1.65. The van der Waals surface area contributed by atoms with Crippen molar-refractivity contribution in [3.8, 4) is 0 Å². The van der Waals surface area contributed by atoms with Crippen LogP contribution in [-0.2, 0) is 6.54 Å². The van der Waals surface area contributed by atoms with Crippen LogP contribution in [0.3, 0.4) is 0 Å². The first kappa shape index (κ1) is 13.3. The smallest absolute Gasteiger partial charge is 0.253 e. The van der Waals surface area contributed by atoms with E-state index >= 15 is 0 Å². The van der Waals surface area contributed by atoms with E-state index in [2.05, 4.69) is 0 Å². The summed E-state index contributed by atoms with van der Waals surface area (Å²) >= 11 is 0. The van der Waals surface area contributed by atoms with Gasteiger partial charge in [0.1, 0.15) is 0 Å². The summed E-state index contributed by atoms with van der Waals surface area (Å²) in [5.41, 5.74) is 3.29. The Balaban J connectivity index is 2.31. The molecular formula is C16H17NO2. The minimum absolute atomic E-state index is 0.0369. The van der Waals surface area contributed by atoms with E-state index in [1.807, 2.05) is 32.0 Å². The molecule has 0 N–H and O–H groups in total. The van der Waals surface area contributed by atoms with Crippen LogP contribution in [0.4, 0.5) is 0 Å². The third-order valence-corrected chi connectivity index (χ3v) is 3.21. The highest BCUT2D eigenvalue weighted by molar-refractivity contribution is 5.97. The summed E-state index contributed by atoms with van der Waals surface area (Å²) in [5.74, 6) is -0.0369. The van der Waals surface area contributed by atoms with E-state index in [0.29, 0.717) is 11.1 Å². The van der Waals surface area contributed by atoms with Gasteiger partial charge in [-0.2, -0.15) is 0 Å². The van der Waals surface area contributed by atoms with Crippen molar-refractivity contribution in [3.05, 3.63) is 69.1 Å². The van der Waals surface area contributed by atoms with Gasteiger partial charge >= 0.3 is 0 Å². The first-order valence-corrected chi connectivity index (χ1v) is 6.25. The predicted octanol–water partition coefficient (Wildman–Crippen LogP) is 2.66. The van der Waals surface area contributed by atoms with Crippen molar-refractivity contribution in [2.45, 2.75) is 27.3 Å². The molecule has 2 rings (SSSR count). The standard InChI is InChI=1S/C16H17NO2/c1-11-6-7-14(13(3)9-11)15(18)10-17-8-4-5-12(2)16(17)19/h4-9H,10H2,1-3H3. The fraction of sp³-hybridized carbons (Fsp3) is 0.250. The van der Waals surface area contributed by atoms with E-state index in [4.69, 9.17) is 0 Å².